The Balaban J connectivity index is 2.70. The monoisotopic (exact) mass is 1110 g/mol. The van der Waals surface area contributed by atoms with E-state index in [1.165, 1.54) is 135 Å². The zero-order valence-corrected chi connectivity index (χ0v) is 50.5. The van der Waals surface area contributed by atoms with Crippen molar-refractivity contribution in [2.45, 2.75) is 320 Å². The fourth-order valence-corrected chi connectivity index (χ4v) is 9.71. The molecule has 456 valence electrons. The molecule has 11 heteroatoms. The van der Waals surface area contributed by atoms with E-state index >= 15 is 0 Å². The first-order valence-electron chi connectivity index (χ1n) is 32.4. The molecule has 0 aromatic rings. The van der Waals surface area contributed by atoms with Crippen LogP contribution in [0.25, 0.3) is 0 Å². The molecule has 0 spiro atoms. The van der Waals surface area contributed by atoms with E-state index in [-0.39, 0.29) is 19.4 Å². The van der Waals surface area contributed by atoms with Gasteiger partial charge in [0, 0.05) is 6.42 Å². The van der Waals surface area contributed by atoms with Gasteiger partial charge in [-0.05, 0) is 77.0 Å². The van der Waals surface area contributed by atoms with Gasteiger partial charge < -0.3 is 45.1 Å². The lowest BCUT2D eigenvalue weighted by Gasteiger charge is -2.41. The number of unbranched alkanes of at least 4 members (excludes halogenated alkanes) is 28. The van der Waals surface area contributed by atoms with Crippen molar-refractivity contribution in [3.8, 4) is 0 Å². The van der Waals surface area contributed by atoms with Crippen LogP contribution in [0.5, 0.6) is 0 Å². The maximum atomic E-state index is 13.4. The van der Waals surface area contributed by atoms with E-state index in [1.807, 2.05) is 6.08 Å². The van der Waals surface area contributed by atoms with E-state index in [4.69, 9.17) is 14.2 Å². The summed E-state index contributed by atoms with van der Waals surface area (Å²) < 4.78 is 17.6. The van der Waals surface area contributed by atoms with Crippen molar-refractivity contribution in [3.63, 3.8) is 0 Å². The van der Waals surface area contributed by atoms with Crippen LogP contribution in [0.1, 0.15) is 271 Å². The highest BCUT2D eigenvalue weighted by atomic mass is 16.7. The molecular weight excluding hydrogens is 991 g/mol. The number of nitrogens with one attached hydrogen (secondary N) is 1. The molecule has 1 aliphatic heterocycles. The van der Waals surface area contributed by atoms with Crippen molar-refractivity contribution in [1.82, 2.24) is 5.32 Å². The maximum Gasteiger partial charge on any atom is 0.306 e. The molecule has 0 bridgehead atoms. The van der Waals surface area contributed by atoms with Crippen molar-refractivity contribution in [3.05, 3.63) is 85.1 Å². The number of rotatable bonds is 54. The minimum Gasteiger partial charge on any atom is -0.454 e. The number of allylic oxidation sites excluding steroid dienone is 13. The molecule has 1 heterocycles. The summed E-state index contributed by atoms with van der Waals surface area (Å²) in [6, 6.07) is -1.04. The van der Waals surface area contributed by atoms with Crippen molar-refractivity contribution < 1.29 is 49.3 Å². The molecular formula is C68H119NO10. The molecule has 0 aromatic heterocycles. The number of hydrogen-bond acceptors (Lipinski definition) is 10. The largest absolute Gasteiger partial charge is 0.454 e. The molecule has 1 rings (SSSR count). The van der Waals surface area contributed by atoms with Crippen LogP contribution < -0.4 is 5.32 Å². The number of carbonyl (C=O) groups excluding carboxylic acids is 2. The quantitative estimate of drug-likeness (QED) is 0.0195. The first-order chi connectivity index (χ1) is 38.7. The van der Waals surface area contributed by atoms with Crippen molar-refractivity contribution in [2.75, 3.05) is 13.2 Å². The summed E-state index contributed by atoms with van der Waals surface area (Å²) in [6.45, 7) is 5.67. The number of carbonyl (C=O) groups is 2. The van der Waals surface area contributed by atoms with Gasteiger partial charge in [0.2, 0.25) is 5.91 Å². The lowest BCUT2D eigenvalue weighted by Crippen LogP contribution is -2.61. The molecule has 1 aliphatic rings. The zero-order chi connectivity index (χ0) is 57.5. The topological polar surface area (TPSA) is 175 Å². The standard InChI is InChI=1S/C68H119NO10/c1-4-7-10-13-16-19-22-25-27-29-30-31-32-33-35-38-41-44-47-50-53-56-63(73)79-66-65(75)64(74)62(57-70)78-68(66)77-58-59(60(71)54-51-48-45-42-39-36-24-21-18-15-12-9-6-3)69-67(76)61(72)55-52-49-46-43-40-37-34-28-26-23-20-17-14-11-8-5-2/h7,10,16,19,25,27,30-31,33,35,41,44,51,54,59-62,64-66,68,70-72,74-75H,4-6,8-9,11-15,17-18,20-24,26,28-29,32,34,36-40,42-43,45-50,52-53,55-58H2,1-3H3,(H,69,76)/b10-7-,19-16-,27-25-,31-30-,35-33-,44-41-,54-51+. The van der Waals surface area contributed by atoms with Gasteiger partial charge in [-0.1, -0.05) is 273 Å². The smallest absolute Gasteiger partial charge is 0.306 e. The number of aliphatic hydroxyl groups excluding tert-OH is 5. The molecule has 0 aliphatic carbocycles. The van der Waals surface area contributed by atoms with Crippen molar-refractivity contribution in [1.29, 1.82) is 0 Å². The Hall–Kier alpha value is -3.16. The SMILES string of the molecule is CC/C=C\C/C=C\C/C=C\C/C=C\C/C=C\C/C=C\CCCCC(=O)OC1C(OCC(NC(=O)C(O)CCCCCCCCCCCCCCCCCC)C(O)/C=C/CCCCCCCCCCCCC)OC(CO)C(O)C1O. The molecule has 1 fully saturated rings. The first-order valence-corrected chi connectivity index (χ1v) is 32.4. The number of esters is 1. The van der Waals surface area contributed by atoms with E-state index < -0.39 is 67.4 Å². The minimum atomic E-state index is -1.64. The molecule has 0 saturated carbocycles. The van der Waals surface area contributed by atoms with Crippen LogP contribution in [0.15, 0.2) is 85.1 Å². The van der Waals surface area contributed by atoms with Gasteiger partial charge in [0.25, 0.3) is 0 Å². The van der Waals surface area contributed by atoms with Gasteiger partial charge in [0.15, 0.2) is 12.4 Å². The fourth-order valence-electron chi connectivity index (χ4n) is 9.71. The van der Waals surface area contributed by atoms with Gasteiger partial charge in [-0.25, -0.2) is 0 Å². The van der Waals surface area contributed by atoms with Gasteiger partial charge >= 0.3 is 5.97 Å². The molecule has 1 saturated heterocycles. The fraction of sp³-hybridized carbons (Fsp3) is 0.765. The van der Waals surface area contributed by atoms with Crippen LogP contribution in [0.2, 0.25) is 0 Å². The van der Waals surface area contributed by atoms with Gasteiger partial charge in [0.1, 0.15) is 24.4 Å². The van der Waals surface area contributed by atoms with E-state index in [2.05, 4.69) is 99.0 Å². The highest BCUT2D eigenvalue weighted by Crippen LogP contribution is 2.26. The Kier molecular flexibility index (Phi) is 51.8. The van der Waals surface area contributed by atoms with Crippen molar-refractivity contribution in [2.24, 2.45) is 0 Å². The average molecular weight is 1110 g/mol. The summed E-state index contributed by atoms with van der Waals surface area (Å²) >= 11 is 0. The summed E-state index contributed by atoms with van der Waals surface area (Å²) in [4.78, 5) is 26.6. The molecule has 11 nitrogen and oxygen atoms in total. The van der Waals surface area contributed by atoms with Crippen LogP contribution in [0, 0.1) is 0 Å². The normalized spacial score (nSPS) is 19.4. The lowest BCUT2D eigenvalue weighted by molar-refractivity contribution is -0.305. The van der Waals surface area contributed by atoms with Crippen LogP contribution >= 0.6 is 0 Å². The number of amides is 1. The molecule has 6 N–H and O–H groups in total. The minimum absolute atomic E-state index is 0.0662. The van der Waals surface area contributed by atoms with Crippen LogP contribution in [-0.4, -0.2) is 99.6 Å². The molecule has 8 atom stereocenters. The third kappa shape index (κ3) is 43.2. The second kappa shape index (κ2) is 55.4. The summed E-state index contributed by atoms with van der Waals surface area (Å²) in [5.74, 6) is -1.24. The van der Waals surface area contributed by atoms with Gasteiger partial charge in [-0.2, -0.15) is 0 Å². The third-order valence-corrected chi connectivity index (χ3v) is 14.8. The molecule has 0 radical (unpaired) electrons. The number of hydrogen-bond donors (Lipinski definition) is 6. The predicted octanol–water partition coefficient (Wildman–Crippen LogP) is 15.7. The third-order valence-electron chi connectivity index (χ3n) is 14.8. The van der Waals surface area contributed by atoms with E-state index in [9.17, 15) is 35.1 Å². The van der Waals surface area contributed by atoms with Gasteiger partial charge in [-0.3, -0.25) is 9.59 Å². The highest BCUT2D eigenvalue weighted by molar-refractivity contribution is 5.80. The molecule has 8 unspecified atom stereocenters. The van der Waals surface area contributed by atoms with E-state index in [0.29, 0.717) is 12.8 Å². The Morgan fingerprint density at radius 2 is 0.911 bits per heavy atom. The summed E-state index contributed by atoms with van der Waals surface area (Å²) in [7, 11) is 0. The molecule has 0 aromatic carbocycles. The van der Waals surface area contributed by atoms with Gasteiger partial charge in [0.05, 0.1) is 25.4 Å². The number of aliphatic hydroxyl groups is 5. The summed E-state index contributed by atoms with van der Waals surface area (Å²) in [5.41, 5.74) is 0. The Morgan fingerprint density at radius 3 is 1.37 bits per heavy atom. The lowest BCUT2D eigenvalue weighted by atomic mass is 9.99. The zero-order valence-electron chi connectivity index (χ0n) is 50.5. The van der Waals surface area contributed by atoms with Crippen LogP contribution in [-0.2, 0) is 23.8 Å². The van der Waals surface area contributed by atoms with Crippen LogP contribution in [0.3, 0.4) is 0 Å². The second-order valence-corrected chi connectivity index (χ2v) is 22.1. The molecule has 1 amide bonds. The van der Waals surface area contributed by atoms with Crippen LogP contribution in [0.4, 0.5) is 0 Å². The van der Waals surface area contributed by atoms with Gasteiger partial charge in [-0.15, -0.1) is 0 Å². The maximum absolute atomic E-state index is 13.4. The number of ether oxygens (including phenoxy) is 3. The Bertz CT molecular complexity index is 1610. The predicted molar refractivity (Wildman–Crippen MR) is 329 cm³/mol. The second-order valence-electron chi connectivity index (χ2n) is 22.1. The Morgan fingerprint density at radius 1 is 0.506 bits per heavy atom. The highest BCUT2D eigenvalue weighted by Gasteiger charge is 2.47. The summed E-state index contributed by atoms with van der Waals surface area (Å²) in [5, 5.41) is 57.1. The molecule has 79 heavy (non-hydrogen) atoms. The summed E-state index contributed by atoms with van der Waals surface area (Å²) in [6.07, 6.45) is 61.9. The Labute approximate surface area is 483 Å². The van der Waals surface area contributed by atoms with E-state index in [1.54, 1.807) is 6.08 Å². The first kappa shape index (κ1) is 73.9. The average Bonchev–Trinajstić information content (AvgIpc) is 3.49. The van der Waals surface area contributed by atoms with Crippen molar-refractivity contribution >= 4 is 11.9 Å². The van der Waals surface area contributed by atoms with E-state index in [0.717, 1.165) is 89.9 Å².